The Bertz CT molecular complexity index is 1160. The summed E-state index contributed by atoms with van der Waals surface area (Å²) < 4.78 is 57.9. The molecular weight excluding hydrogens is 470 g/mol. The van der Waals surface area contributed by atoms with Crippen LogP contribution in [0.2, 0.25) is 0 Å². The van der Waals surface area contributed by atoms with Gasteiger partial charge in [-0.2, -0.15) is 18.4 Å². The minimum absolute atomic E-state index is 0.00286. The summed E-state index contributed by atoms with van der Waals surface area (Å²) in [4.78, 5) is 35.4. The minimum atomic E-state index is -4.61. The highest BCUT2D eigenvalue weighted by Gasteiger charge is 2.43. The van der Waals surface area contributed by atoms with Crippen LogP contribution in [0.3, 0.4) is 0 Å². The number of alkyl halides is 4. The quantitative estimate of drug-likeness (QED) is 0.590. The van der Waals surface area contributed by atoms with E-state index in [1.807, 2.05) is 6.07 Å². The number of amides is 2. The van der Waals surface area contributed by atoms with Crippen LogP contribution in [0.1, 0.15) is 38.4 Å². The topological polar surface area (TPSA) is 99.4 Å². The Balaban J connectivity index is 1.91. The largest absolute Gasteiger partial charge is 0.444 e. The van der Waals surface area contributed by atoms with Crippen LogP contribution in [0.15, 0.2) is 30.6 Å². The lowest BCUT2D eigenvalue weighted by molar-refractivity contribution is -0.141. The first-order valence-electron chi connectivity index (χ1n) is 10.6. The SMILES string of the molecule is CN(C(=O)[C@H]1C[C@@H](F)CN1C(=O)OC(C)(C)C)c1cc(-c2ccc(C(F)(F)F)nc2)ncc1C#N. The van der Waals surface area contributed by atoms with Gasteiger partial charge in [-0.1, -0.05) is 0 Å². The molecule has 3 heterocycles. The fraction of sp³-hybridized carbons (Fsp3) is 0.435. The smallest absolute Gasteiger partial charge is 0.433 e. The van der Waals surface area contributed by atoms with Crippen LogP contribution in [0.5, 0.6) is 0 Å². The molecule has 1 saturated heterocycles. The molecule has 2 amide bonds. The number of hydrogen-bond donors (Lipinski definition) is 0. The van der Waals surface area contributed by atoms with Gasteiger partial charge < -0.3 is 9.64 Å². The third-order valence-corrected chi connectivity index (χ3v) is 5.21. The number of aromatic nitrogens is 2. The van der Waals surface area contributed by atoms with E-state index >= 15 is 0 Å². The van der Waals surface area contributed by atoms with Crippen molar-refractivity contribution in [3.8, 4) is 17.3 Å². The maximum atomic E-state index is 14.2. The number of rotatable bonds is 3. The molecule has 0 unspecified atom stereocenters. The fourth-order valence-corrected chi connectivity index (χ4v) is 3.56. The third kappa shape index (κ3) is 5.85. The normalized spacial score (nSPS) is 18.2. The molecule has 1 fully saturated rings. The molecule has 0 bridgehead atoms. The number of ether oxygens (including phenoxy) is 1. The second-order valence-electron chi connectivity index (χ2n) is 9.01. The van der Waals surface area contributed by atoms with E-state index in [4.69, 9.17) is 4.74 Å². The molecule has 0 aliphatic carbocycles. The van der Waals surface area contributed by atoms with Crippen molar-refractivity contribution >= 4 is 17.7 Å². The predicted octanol–water partition coefficient (Wildman–Crippen LogP) is 4.34. The molecule has 12 heteroatoms. The molecule has 2 aromatic rings. The van der Waals surface area contributed by atoms with Crippen molar-refractivity contribution in [3.63, 3.8) is 0 Å². The number of carbonyl (C=O) groups excluding carboxylic acids is 2. The van der Waals surface area contributed by atoms with Crippen molar-refractivity contribution in [2.45, 2.75) is 51.2 Å². The first kappa shape index (κ1) is 25.9. The molecule has 0 saturated carbocycles. The third-order valence-electron chi connectivity index (χ3n) is 5.21. The zero-order valence-corrected chi connectivity index (χ0v) is 19.4. The standard InChI is InChI=1S/C23H23F4N5O3/c1-22(2,3)35-21(34)32-12-15(24)7-18(32)20(33)31(4)17-8-16(29-11-14(17)9-28)13-5-6-19(30-10-13)23(25,26)27/h5-6,8,10-11,15,18H,7,12H2,1-4H3/t15-,18-/m1/s1. The van der Waals surface area contributed by atoms with Crippen molar-refractivity contribution in [1.82, 2.24) is 14.9 Å². The van der Waals surface area contributed by atoms with Gasteiger partial charge in [0.25, 0.3) is 0 Å². The number of hydrogen-bond acceptors (Lipinski definition) is 6. The molecule has 8 nitrogen and oxygen atoms in total. The highest BCUT2D eigenvalue weighted by Crippen LogP contribution is 2.31. The Morgan fingerprint density at radius 3 is 2.43 bits per heavy atom. The van der Waals surface area contributed by atoms with E-state index in [0.29, 0.717) is 0 Å². The zero-order valence-electron chi connectivity index (χ0n) is 19.4. The highest BCUT2D eigenvalue weighted by atomic mass is 19.4. The molecule has 186 valence electrons. The van der Waals surface area contributed by atoms with Crippen LogP contribution in [0.25, 0.3) is 11.3 Å². The first-order chi connectivity index (χ1) is 16.2. The van der Waals surface area contributed by atoms with Gasteiger partial charge in [0.1, 0.15) is 29.6 Å². The summed E-state index contributed by atoms with van der Waals surface area (Å²) in [5, 5.41) is 9.50. The molecule has 2 atom stereocenters. The second kappa shape index (κ2) is 9.48. The molecule has 2 aromatic heterocycles. The van der Waals surface area contributed by atoms with Gasteiger partial charge in [0.05, 0.1) is 23.5 Å². The van der Waals surface area contributed by atoms with Crippen molar-refractivity contribution in [2.75, 3.05) is 18.5 Å². The van der Waals surface area contributed by atoms with Crippen LogP contribution in [-0.4, -0.2) is 58.3 Å². The van der Waals surface area contributed by atoms with Crippen LogP contribution < -0.4 is 4.90 Å². The minimum Gasteiger partial charge on any atom is -0.444 e. The number of anilines is 1. The zero-order chi connectivity index (χ0) is 26.1. The Kier molecular flexibility index (Phi) is 7.01. The second-order valence-corrected chi connectivity index (χ2v) is 9.01. The lowest BCUT2D eigenvalue weighted by Crippen LogP contribution is -2.48. The number of nitriles is 1. The molecule has 3 rings (SSSR count). The number of nitrogens with zero attached hydrogens (tertiary/aromatic N) is 5. The first-order valence-corrected chi connectivity index (χ1v) is 10.6. The van der Waals surface area contributed by atoms with Gasteiger partial charge in [0, 0.05) is 31.4 Å². The van der Waals surface area contributed by atoms with E-state index < -0.39 is 41.7 Å². The van der Waals surface area contributed by atoms with Crippen molar-refractivity contribution in [3.05, 3.63) is 41.9 Å². The van der Waals surface area contributed by atoms with E-state index in [0.717, 1.165) is 22.1 Å². The fourth-order valence-electron chi connectivity index (χ4n) is 3.56. The Labute approximate surface area is 199 Å². The number of halogens is 4. The number of pyridine rings is 2. The number of likely N-dealkylation sites (tertiary alicyclic amines) is 1. The summed E-state index contributed by atoms with van der Waals surface area (Å²) in [6, 6.07) is 4.05. The summed E-state index contributed by atoms with van der Waals surface area (Å²) in [5.74, 6) is -0.657. The van der Waals surface area contributed by atoms with Gasteiger partial charge >= 0.3 is 12.3 Å². The van der Waals surface area contributed by atoms with Gasteiger partial charge in [-0.3, -0.25) is 19.7 Å². The van der Waals surface area contributed by atoms with E-state index in [2.05, 4.69) is 9.97 Å². The van der Waals surface area contributed by atoms with Gasteiger partial charge in [-0.05, 0) is 39.0 Å². The van der Waals surface area contributed by atoms with Crippen LogP contribution in [0.4, 0.5) is 28.0 Å². The average Bonchev–Trinajstić information content (AvgIpc) is 3.18. The van der Waals surface area contributed by atoms with Crippen molar-refractivity contribution in [2.24, 2.45) is 0 Å². The van der Waals surface area contributed by atoms with Crippen LogP contribution >= 0.6 is 0 Å². The molecule has 0 radical (unpaired) electrons. The Hall–Kier alpha value is -3.75. The maximum Gasteiger partial charge on any atom is 0.433 e. The van der Waals surface area contributed by atoms with Gasteiger partial charge in [0.15, 0.2) is 0 Å². The summed E-state index contributed by atoms with van der Waals surface area (Å²) >= 11 is 0. The molecule has 1 aliphatic heterocycles. The number of carbonyl (C=O) groups is 2. The highest BCUT2D eigenvalue weighted by molar-refractivity contribution is 6.00. The summed E-state index contributed by atoms with van der Waals surface area (Å²) in [7, 11) is 1.35. The molecule has 0 N–H and O–H groups in total. The van der Waals surface area contributed by atoms with Crippen molar-refractivity contribution < 1.29 is 31.9 Å². The van der Waals surface area contributed by atoms with E-state index in [9.17, 15) is 32.4 Å². The molecular formula is C23H23F4N5O3. The summed E-state index contributed by atoms with van der Waals surface area (Å²) in [5.41, 5.74) is -1.44. The predicted molar refractivity (Wildman–Crippen MR) is 117 cm³/mol. The van der Waals surface area contributed by atoms with Gasteiger partial charge in [0.2, 0.25) is 5.91 Å². The molecule has 0 spiro atoms. The monoisotopic (exact) mass is 493 g/mol. The Morgan fingerprint density at radius 2 is 1.89 bits per heavy atom. The van der Waals surface area contributed by atoms with Gasteiger partial charge in [-0.15, -0.1) is 0 Å². The molecule has 0 aromatic carbocycles. The molecule has 1 aliphatic rings. The lowest BCUT2D eigenvalue weighted by Gasteiger charge is -2.30. The Morgan fingerprint density at radius 1 is 1.20 bits per heavy atom. The number of likely N-dealkylation sites (N-methyl/N-ethyl adjacent to an activating group) is 1. The lowest BCUT2D eigenvalue weighted by atomic mass is 10.1. The van der Waals surface area contributed by atoms with E-state index in [1.54, 1.807) is 20.8 Å². The molecule has 35 heavy (non-hydrogen) atoms. The van der Waals surface area contributed by atoms with Crippen LogP contribution in [-0.2, 0) is 15.7 Å². The van der Waals surface area contributed by atoms with E-state index in [-0.39, 0.29) is 35.5 Å². The summed E-state index contributed by atoms with van der Waals surface area (Å²) in [6.07, 6.45) is -4.97. The van der Waals surface area contributed by atoms with Gasteiger partial charge in [-0.25, -0.2) is 9.18 Å². The van der Waals surface area contributed by atoms with Crippen LogP contribution in [0, 0.1) is 11.3 Å². The van der Waals surface area contributed by atoms with Crippen molar-refractivity contribution in [1.29, 1.82) is 5.26 Å². The average molecular weight is 493 g/mol. The maximum absolute atomic E-state index is 14.2. The van der Waals surface area contributed by atoms with E-state index in [1.165, 1.54) is 25.4 Å². The summed E-state index contributed by atoms with van der Waals surface area (Å²) in [6.45, 7) is 4.61.